The first-order valence-corrected chi connectivity index (χ1v) is 7.06. The van der Waals surface area contributed by atoms with Gasteiger partial charge in [0.1, 0.15) is 0 Å². The third kappa shape index (κ3) is 3.56. The largest absolute Gasteiger partial charge is 0.379 e. The van der Waals surface area contributed by atoms with E-state index in [0.29, 0.717) is 11.8 Å². The van der Waals surface area contributed by atoms with E-state index in [1.165, 1.54) is 11.1 Å². The molecule has 1 fully saturated rings. The molecule has 0 radical (unpaired) electrons. The summed E-state index contributed by atoms with van der Waals surface area (Å²) in [5, 5.41) is 0. The van der Waals surface area contributed by atoms with Crippen molar-refractivity contribution in [3.8, 4) is 0 Å². The minimum absolute atomic E-state index is 0.542. The molecule has 0 unspecified atom stereocenters. The molecule has 0 bridgehead atoms. The quantitative estimate of drug-likeness (QED) is 0.760. The van der Waals surface area contributed by atoms with Crippen LogP contribution < -0.4 is 0 Å². The van der Waals surface area contributed by atoms with Crippen molar-refractivity contribution in [3.05, 3.63) is 35.5 Å². The predicted molar refractivity (Wildman–Crippen MR) is 76.6 cm³/mol. The lowest BCUT2D eigenvalue weighted by molar-refractivity contribution is 0.0416. The van der Waals surface area contributed by atoms with Gasteiger partial charge in [-0.05, 0) is 23.0 Å². The highest BCUT2D eigenvalue weighted by atomic mass is 16.5. The number of allylic oxidation sites excluding steroid dienone is 5. The fourth-order valence-corrected chi connectivity index (χ4v) is 2.48. The van der Waals surface area contributed by atoms with E-state index in [1.54, 1.807) is 0 Å². The van der Waals surface area contributed by atoms with E-state index in [4.69, 9.17) is 4.74 Å². The van der Waals surface area contributed by atoms with Crippen LogP contribution in [0.15, 0.2) is 35.5 Å². The highest BCUT2D eigenvalue weighted by Gasteiger charge is 2.16. The molecule has 0 spiro atoms. The number of rotatable bonds is 3. The molecule has 1 aliphatic carbocycles. The summed E-state index contributed by atoms with van der Waals surface area (Å²) in [5.41, 5.74) is 2.97. The smallest absolute Gasteiger partial charge is 0.0594 e. The van der Waals surface area contributed by atoms with Gasteiger partial charge < -0.3 is 4.74 Å². The Labute approximate surface area is 111 Å². The summed E-state index contributed by atoms with van der Waals surface area (Å²) in [6.07, 6.45) is 9.19. The third-order valence-electron chi connectivity index (χ3n) is 3.80. The summed E-state index contributed by atoms with van der Waals surface area (Å²) in [6, 6.07) is 0. The zero-order valence-corrected chi connectivity index (χ0v) is 11.9. The lowest BCUT2D eigenvalue weighted by Crippen LogP contribution is -2.38. The van der Waals surface area contributed by atoms with Gasteiger partial charge in [-0.3, -0.25) is 4.90 Å². The zero-order valence-electron chi connectivity index (χ0n) is 11.9. The second kappa shape index (κ2) is 6.35. The van der Waals surface area contributed by atoms with Crippen LogP contribution in [0.25, 0.3) is 0 Å². The van der Waals surface area contributed by atoms with Crippen LogP contribution in [-0.2, 0) is 4.74 Å². The lowest BCUT2D eigenvalue weighted by atomic mass is 9.95. The Balaban J connectivity index is 2.01. The van der Waals surface area contributed by atoms with Crippen LogP contribution >= 0.6 is 0 Å². The summed E-state index contributed by atoms with van der Waals surface area (Å²) in [7, 11) is 0. The van der Waals surface area contributed by atoms with E-state index in [0.717, 1.165) is 32.8 Å². The summed E-state index contributed by atoms with van der Waals surface area (Å²) in [5.74, 6) is 1.15. The second-order valence-corrected chi connectivity index (χ2v) is 5.60. The van der Waals surface area contributed by atoms with Crippen LogP contribution in [0.3, 0.4) is 0 Å². The number of ether oxygens (including phenoxy) is 1. The Hall–Kier alpha value is -0.860. The molecule has 0 saturated carbocycles. The Morgan fingerprint density at radius 3 is 2.72 bits per heavy atom. The topological polar surface area (TPSA) is 12.5 Å². The van der Waals surface area contributed by atoms with Gasteiger partial charge >= 0.3 is 0 Å². The van der Waals surface area contributed by atoms with Crippen LogP contribution in [0.1, 0.15) is 20.8 Å². The Morgan fingerprint density at radius 2 is 2.06 bits per heavy atom. The van der Waals surface area contributed by atoms with Gasteiger partial charge in [0.15, 0.2) is 0 Å². The number of morpholine rings is 1. The van der Waals surface area contributed by atoms with Crippen molar-refractivity contribution in [1.82, 2.24) is 4.90 Å². The molecular formula is C16H25NO. The van der Waals surface area contributed by atoms with Crippen LogP contribution in [0, 0.1) is 11.8 Å². The molecule has 1 saturated heterocycles. The Bertz CT molecular complexity index is 359. The van der Waals surface area contributed by atoms with Gasteiger partial charge in [0.25, 0.3) is 0 Å². The molecule has 18 heavy (non-hydrogen) atoms. The van der Waals surface area contributed by atoms with Crippen molar-refractivity contribution in [2.45, 2.75) is 20.8 Å². The molecule has 0 N–H and O–H groups in total. The van der Waals surface area contributed by atoms with Crippen molar-refractivity contribution >= 4 is 0 Å². The van der Waals surface area contributed by atoms with Crippen molar-refractivity contribution in [3.63, 3.8) is 0 Å². The summed E-state index contributed by atoms with van der Waals surface area (Å²) >= 11 is 0. The first-order valence-electron chi connectivity index (χ1n) is 7.06. The monoisotopic (exact) mass is 247 g/mol. The van der Waals surface area contributed by atoms with Gasteiger partial charge in [-0.15, -0.1) is 0 Å². The standard InChI is InChI=1S/C16H25NO/c1-13(2)15-5-4-6-16(14(3)11-15)12-17-7-9-18-10-8-17/h4-6,11,13-14H,7-10,12H2,1-3H3/t14-/m0/s1. The Kier molecular flexibility index (Phi) is 4.79. The molecule has 100 valence electrons. The predicted octanol–water partition coefficient (Wildman–Crippen LogP) is 3.03. The summed E-state index contributed by atoms with van der Waals surface area (Å²) < 4.78 is 5.40. The van der Waals surface area contributed by atoms with Gasteiger partial charge in [0, 0.05) is 19.6 Å². The average Bonchev–Trinajstić information content (AvgIpc) is 2.54. The molecule has 1 atom stereocenters. The van der Waals surface area contributed by atoms with Crippen LogP contribution in [0.5, 0.6) is 0 Å². The van der Waals surface area contributed by atoms with E-state index in [2.05, 4.69) is 50.0 Å². The maximum absolute atomic E-state index is 5.40. The maximum Gasteiger partial charge on any atom is 0.0594 e. The summed E-state index contributed by atoms with van der Waals surface area (Å²) in [4.78, 5) is 2.49. The third-order valence-corrected chi connectivity index (χ3v) is 3.80. The van der Waals surface area contributed by atoms with Crippen LogP contribution in [0.2, 0.25) is 0 Å². The fourth-order valence-electron chi connectivity index (χ4n) is 2.48. The van der Waals surface area contributed by atoms with E-state index in [9.17, 15) is 0 Å². The number of hydrogen-bond acceptors (Lipinski definition) is 2. The SMILES string of the molecule is CC(C)C1=C[C@H](C)C(CN2CCOCC2)=CC=C1. The molecule has 2 rings (SSSR count). The average molecular weight is 247 g/mol. The first-order chi connectivity index (χ1) is 8.66. The summed E-state index contributed by atoms with van der Waals surface area (Å²) in [6.45, 7) is 11.8. The molecule has 2 heteroatoms. The molecular weight excluding hydrogens is 222 g/mol. The number of hydrogen-bond donors (Lipinski definition) is 0. The zero-order chi connectivity index (χ0) is 13.0. The van der Waals surface area contributed by atoms with Gasteiger partial charge in [-0.2, -0.15) is 0 Å². The maximum atomic E-state index is 5.40. The van der Waals surface area contributed by atoms with E-state index in [-0.39, 0.29) is 0 Å². The van der Waals surface area contributed by atoms with Gasteiger partial charge in [0.2, 0.25) is 0 Å². The molecule has 1 heterocycles. The van der Waals surface area contributed by atoms with Crippen molar-refractivity contribution < 1.29 is 4.74 Å². The Morgan fingerprint density at radius 1 is 1.33 bits per heavy atom. The normalized spacial score (nSPS) is 25.9. The highest BCUT2D eigenvalue weighted by Crippen LogP contribution is 2.23. The minimum atomic E-state index is 0.542. The van der Waals surface area contributed by atoms with Crippen LogP contribution in [0.4, 0.5) is 0 Å². The fraction of sp³-hybridized carbons (Fsp3) is 0.625. The molecule has 2 aliphatic rings. The van der Waals surface area contributed by atoms with E-state index in [1.807, 2.05) is 0 Å². The molecule has 0 aromatic carbocycles. The lowest BCUT2D eigenvalue weighted by Gasteiger charge is -2.28. The molecule has 0 aromatic heterocycles. The van der Waals surface area contributed by atoms with Gasteiger partial charge in [0.05, 0.1) is 13.2 Å². The van der Waals surface area contributed by atoms with Crippen molar-refractivity contribution in [2.24, 2.45) is 11.8 Å². The van der Waals surface area contributed by atoms with Gasteiger partial charge in [-0.25, -0.2) is 0 Å². The van der Waals surface area contributed by atoms with Crippen molar-refractivity contribution in [1.29, 1.82) is 0 Å². The van der Waals surface area contributed by atoms with E-state index < -0.39 is 0 Å². The van der Waals surface area contributed by atoms with E-state index >= 15 is 0 Å². The molecule has 1 aliphatic heterocycles. The molecule has 2 nitrogen and oxygen atoms in total. The highest BCUT2D eigenvalue weighted by molar-refractivity contribution is 5.33. The number of nitrogens with zero attached hydrogens (tertiary/aromatic N) is 1. The molecule has 0 amide bonds. The first kappa shape index (κ1) is 13.6. The minimum Gasteiger partial charge on any atom is -0.379 e. The molecule has 0 aromatic rings. The van der Waals surface area contributed by atoms with Crippen LogP contribution in [-0.4, -0.2) is 37.7 Å². The second-order valence-electron chi connectivity index (χ2n) is 5.60. The van der Waals surface area contributed by atoms with Crippen molar-refractivity contribution in [2.75, 3.05) is 32.8 Å². The van der Waals surface area contributed by atoms with Gasteiger partial charge in [-0.1, -0.05) is 45.1 Å².